The molecule has 0 aromatic rings. The molecule has 0 bridgehead atoms. The zero-order valence-corrected chi connectivity index (χ0v) is 13.9. The predicted molar refractivity (Wildman–Crippen MR) is 85.0 cm³/mol. The number of morpholine rings is 1. The van der Waals surface area contributed by atoms with E-state index in [9.17, 15) is 0 Å². The van der Waals surface area contributed by atoms with Crippen molar-refractivity contribution < 1.29 is 4.74 Å². The number of nitrogens with one attached hydrogen (secondary N) is 1. The average Bonchev–Trinajstić information content (AvgIpc) is 2.45. The number of ether oxygens (including phenoxy) is 1. The fraction of sp³-hybridized carbons (Fsp3) is 1.00. The van der Waals surface area contributed by atoms with Crippen LogP contribution >= 0.6 is 0 Å². The van der Waals surface area contributed by atoms with Gasteiger partial charge in [-0.05, 0) is 45.1 Å². The van der Waals surface area contributed by atoms with E-state index in [1.165, 1.54) is 25.7 Å². The first-order chi connectivity index (χ1) is 9.61. The van der Waals surface area contributed by atoms with Gasteiger partial charge < -0.3 is 10.1 Å². The Hall–Kier alpha value is -0.120. The van der Waals surface area contributed by atoms with Crippen molar-refractivity contribution in [2.75, 3.05) is 26.2 Å². The second-order valence-corrected chi connectivity index (χ2v) is 7.11. The van der Waals surface area contributed by atoms with E-state index in [1.807, 2.05) is 0 Å². The molecule has 0 aromatic heterocycles. The first kappa shape index (κ1) is 16.3. The number of hydrogen-bond donors (Lipinski definition) is 1. The first-order valence-electron chi connectivity index (χ1n) is 8.70. The van der Waals surface area contributed by atoms with Gasteiger partial charge in [0.05, 0.1) is 12.7 Å². The Labute approximate surface area is 125 Å². The van der Waals surface area contributed by atoms with Gasteiger partial charge in [0.25, 0.3) is 0 Å². The Morgan fingerprint density at radius 2 is 2.10 bits per heavy atom. The fourth-order valence-corrected chi connectivity index (χ4v) is 4.03. The third-order valence-corrected chi connectivity index (χ3v) is 5.18. The highest BCUT2D eigenvalue weighted by Crippen LogP contribution is 2.33. The summed E-state index contributed by atoms with van der Waals surface area (Å²) in [5, 5.41) is 3.75. The van der Waals surface area contributed by atoms with Crippen molar-refractivity contribution in [1.82, 2.24) is 10.2 Å². The van der Waals surface area contributed by atoms with Crippen LogP contribution in [-0.2, 0) is 4.74 Å². The van der Waals surface area contributed by atoms with Gasteiger partial charge in [-0.3, -0.25) is 4.90 Å². The molecular weight excluding hydrogens is 248 g/mol. The summed E-state index contributed by atoms with van der Waals surface area (Å²) in [6, 6.07) is 1.18. The summed E-state index contributed by atoms with van der Waals surface area (Å²) in [5.74, 6) is 1.69. The van der Waals surface area contributed by atoms with E-state index in [2.05, 4.69) is 37.9 Å². The summed E-state index contributed by atoms with van der Waals surface area (Å²) in [6.45, 7) is 13.4. The molecule has 1 heterocycles. The van der Waals surface area contributed by atoms with Crippen LogP contribution in [0.25, 0.3) is 0 Å². The van der Waals surface area contributed by atoms with Crippen molar-refractivity contribution in [2.45, 2.75) is 71.6 Å². The molecule has 20 heavy (non-hydrogen) atoms. The van der Waals surface area contributed by atoms with Gasteiger partial charge in [-0.25, -0.2) is 0 Å². The fourth-order valence-electron chi connectivity index (χ4n) is 4.03. The van der Waals surface area contributed by atoms with E-state index in [0.717, 1.165) is 38.1 Å². The van der Waals surface area contributed by atoms with Crippen LogP contribution in [0.3, 0.4) is 0 Å². The van der Waals surface area contributed by atoms with Crippen LogP contribution in [0.4, 0.5) is 0 Å². The third kappa shape index (κ3) is 4.19. The minimum Gasteiger partial charge on any atom is -0.374 e. The van der Waals surface area contributed by atoms with Crippen molar-refractivity contribution in [3.63, 3.8) is 0 Å². The minimum absolute atomic E-state index is 0.376. The topological polar surface area (TPSA) is 24.5 Å². The molecule has 4 unspecified atom stereocenters. The van der Waals surface area contributed by atoms with Crippen molar-refractivity contribution in [1.29, 1.82) is 0 Å². The third-order valence-electron chi connectivity index (χ3n) is 5.18. The van der Waals surface area contributed by atoms with Crippen molar-refractivity contribution in [2.24, 2.45) is 11.8 Å². The second kappa shape index (κ2) is 7.77. The van der Waals surface area contributed by atoms with E-state index in [-0.39, 0.29) is 0 Å². The maximum atomic E-state index is 6.16. The molecule has 2 fully saturated rings. The van der Waals surface area contributed by atoms with E-state index >= 15 is 0 Å². The van der Waals surface area contributed by atoms with Gasteiger partial charge >= 0.3 is 0 Å². The number of hydrogen-bond acceptors (Lipinski definition) is 3. The van der Waals surface area contributed by atoms with Gasteiger partial charge in [-0.15, -0.1) is 0 Å². The van der Waals surface area contributed by atoms with Crippen LogP contribution in [0.5, 0.6) is 0 Å². The van der Waals surface area contributed by atoms with Gasteiger partial charge in [0.1, 0.15) is 0 Å². The van der Waals surface area contributed by atoms with Crippen LogP contribution in [0.15, 0.2) is 0 Å². The first-order valence-corrected chi connectivity index (χ1v) is 8.70. The molecule has 1 saturated carbocycles. The highest BCUT2D eigenvalue weighted by molar-refractivity contribution is 4.90. The Kier molecular flexibility index (Phi) is 6.31. The molecule has 2 aliphatic rings. The molecule has 118 valence electrons. The molecule has 0 amide bonds. The van der Waals surface area contributed by atoms with Crippen LogP contribution in [-0.4, -0.2) is 49.3 Å². The molecule has 1 aliphatic heterocycles. The molecule has 0 radical (unpaired) electrons. The minimum atomic E-state index is 0.376. The molecule has 0 aromatic carbocycles. The summed E-state index contributed by atoms with van der Waals surface area (Å²) in [7, 11) is 0. The molecule has 1 N–H and O–H groups in total. The summed E-state index contributed by atoms with van der Waals surface area (Å²) >= 11 is 0. The molecular formula is C17H34N2O. The lowest BCUT2D eigenvalue weighted by atomic mass is 9.77. The monoisotopic (exact) mass is 282 g/mol. The predicted octanol–water partition coefficient (Wildman–Crippen LogP) is 2.90. The smallest absolute Gasteiger partial charge is 0.0858 e. The van der Waals surface area contributed by atoms with Gasteiger partial charge in [0.15, 0.2) is 0 Å². The lowest BCUT2D eigenvalue weighted by Crippen LogP contribution is -2.56. The normalized spacial score (nSPS) is 34.4. The summed E-state index contributed by atoms with van der Waals surface area (Å²) in [5.41, 5.74) is 0. The van der Waals surface area contributed by atoms with Crippen LogP contribution in [0.2, 0.25) is 0 Å². The van der Waals surface area contributed by atoms with Gasteiger partial charge in [0.2, 0.25) is 0 Å². The zero-order chi connectivity index (χ0) is 14.5. The largest absolute Gasteiger partial charge is 0.374 e. The maximum absolute atomic E-state index is 6.16. The van der Waals surface area contributed by atoms with Crippen LogP contribution < -0.4 is 5.32 Å². The van der Waals surface area contributed by atoms with Crippen LogP contribution in [0, 0.1) is 11.8 Å². The van der Waals surface area contributed by atoms with E-state index in [4.69, 9.17) is 4.74 Å². The van der Waals surface area contributed by atoms with Gasteiger partial charge in [0, 0.05) is 25.2 Å². The van der Waals surface area contributed by atoms with Crippen LogP contribution in [0.1, 0.15) is 53.4 Å². The average molecular weight is 282 g/mol. The van der Waals surface area contributed by atoms with E-state index in [1.54, 1.807) is 0 Å². The van der Waals surface area contributed by atoms with Gasteiger partial charge in [-0.1, -0.05) is 26.7 Å². The highest BCUT2D eigenvalue weighted by atomic mass is 16.5. The molecule has 4 atom stereocenters. The summed E-state index contributed by atoms with van der Waals surface area (Å²) in [4.78, 5) is 2.57. The lowest BCUT2D eigenvalue weighted by Gasteiger charge is -2.43. The molecule has 0 spiro atoms. The molecule has 3 nitrogen and oxygen atoms in total. The van der Waals surface area contributed by atoms with Crippen molar-refractivity contribution >= 4 is 0 Å². The molecule has 2 rings (SSSR count). The maximum Gasteiger partial charge on any atom is 0.0858 e. The van der Waals surface area contributed by atoms with Crippen molar-refractivity contribution in [3.05, 3.63) is 0 Å². The number of rotatable bonds is 5. The molecule has 1 aliphatic carbocycles. The molecule has 1 saturated heterocycles. The number of nitrogens with zero attached hydrogens (tertiary/aromatic N) is 1. The molecule has 3 heteroatoms. The zero-order valence-electron chi connectivity index (χ0n) is 13.9. The van der Waals surface area contributed by atoms with E-state index < -0.39 is 0 Å². The highest BCUT2D eigenvalue weighted by Gasteiger charge is 2.35. The SMILES string of the molecule is CCNC(C1CCCC(C)C1)C1CN(C(C)C)CCO1. The summed E-state index contributed by atoms with van der Waals surface area (Å²) < 4.78 is 6.16. The Morgan fingerprint density at radius 3 is 2.75 bits per heavy atom. The Balaban J connectivity index is 1.99. The Morgan fingerprint density at radius 1 is 1.30 bits per heavy atom. The lowest BCUT2D eigenvalue weighted by molar-refractivity contribution is -0.0684. The number of likely N-dealkylation sites (N-methyl/N-ethyl adjacent to an activating group) is 1. The quantitative estimate of drug-likeness (QED) is 0.839. The Bertz CT molecular complexity index is 282. The standard InChI is InChI=1S/C17H34N2O/c1-5-18-17(15-8-6-7-14(4)11-15)16-12-19(13(2)3)9-10-20-16/h13-18H,5-12H2,1-4H3. The summed E-state index contributed by atoms with van der Waals surface area (Å²) in [6.07, 6.45) is 5.94. The van der Waals surface area contributed by atoms with E-state index in [0.29, 0.717) is 18.2 Å². The van der Waals surface area contributed by atoms with Crippen molar-refractivity contribution in [3.8, 4) is 0 Å². The van der Waals surface area contributed by atoms with Gasteiger partial charge in [-0.2, -0.15) is 0 Å². The second-order valence-electron chi connectivity index (χ2n) is 7.11.